The lowest BCUT2D eigenvalue weighted by Crippen LogP contribution is -2.38. The molecule has 1 amide bonds. The van der Waals surface area contributed by atoms with Gasteiger partial charge in [-0.15, -0.1) is 11.3 Å². The van der Waals surface area contributed by atoms with E-state index in [9.17, 15) is 4.79 Å². The van der Waals surface area contributed by atoms with Gasteiger partial charge in [-0.05, 0) is 29.0 Å². The van der Waals surface area contributed by atoms with Crippen LogP contribution >= 0.6 is 27.3 Å². The molecule has 1 aromatic heterocycles. The van der Waals surface area contributed by atoms with Crippen LogP contribution < -0.4 is 11.3 Å². The van der Waals surface area contributed by atoms with Crippen LogP contribution in [0.15, 0.2) is 15.9 Å². The minimum atomic E-state index is -0.178. The summed E-state index contributed by atoms with van der Waals surface area (Å²) in [6.07, 6.45) is 0. The molecule has 0 aromatic carbocycles. The number of nitrogens with two attached hydrogens (primary N) is 1. The summed E-state index contributed by atoms with van der Waals surface area (Å²) in [6.45, 7) is 1.07. The fourth-order valence-electron chi connectivity index (χ4n) is 1.05. The first kappa shape index (κ1) is 11.6. The number of amides is 1. The van der Waals surface area contributed by atoms with Crippen molar-refractivity contribution in [2.24, 2.45) is 5.84 Å². The molecule has 4 nitrogen and oxygen atoms in total. The Bertz CT molecular complexity index is 315. The highest BCUT2D eigenvalue weighted by Gasteiger charge is 2.06. The molecular weight excluding hydrogens is 266 g/mol. The van der Waals surface area contributed by atoms with Crippen molar-refractivity contribution in [3.63, 3.8) is 0 Å². The van der Waals surface area contributed by atoms with Crippen molar-refractivity contribution in [2.45, 2.75) is 6.54 Å². The number of rotatable bonds is 4. The van der Waals surface area contributed by atoms with E-state index < -0.39 is 0 Å². The van der Waals surface area contributed by atoms with Crippen LogP contribution in [0.2, 0.25) is 0 Å². The summed E-state index contributed by atoms with van der Waals surface area (Å²) < 4.78 is 1.08. The summed E-state index contributed by atoms with van der Waals surface area (Å²) in [5, 5.41) is 2.02. The minimum absolute atomic E-state index is 0.178. The van der Waals surface area contributed by atoms with Crippen LogP contribution in [0.1, 0.15) is 4.88 Å². The van der Waals surface area contributed by atoms with E-state index >= 15 is 0 Å². The highest BCUT2D eigenvalue weighted by atomic mass is 79.9. The van der Waals surface area contributed by atoms with Crippen LogP contribution in [-0.4, -0.2) is 24.4 Å². The van der Waals surface area contributed by atoms with E-state index in [-0.39, 0.29) is 5.91 Å². The maximum absolute atomic E-state index is 10.9. The Morgan fingerprint density at radius 1 is 1.79 bits per heavy atom. The molecule has 1 heterocycles. The predicted molar refractivity (Wildman–Crippen MR) is 60.7 cm³/mol. The molecule has 78 valence electrons. The van der Waals surface area contributed by atoms with Crippen LogP contribution in [0.5, 0.6) is 0 Å². The zero-order valence-electron chi connectivity index (χ0n) is 7.79. The Hall–Kier alpha value is -0.430. The van der Waals surface area contributed by atoms with Gasteiger partial charge >= 0.3 is 0 Å². The maximum atomic E-state index is 10.9. The number of nitrogens with zero attached hydrogens (tertiary/aromatic N) is 1. The predicted octanol–water partition coefficient (Wildman–Crippen LogP) is 0.932. The van der Waals surface area contributed by atoms with Crippen molar-refractivity contribution in [3.05, 3.63) is 20.8 Å². The molecule has 3 N–H and O–H groups in total. The molecule has 0 aliphatic rings. The highest BCUT2D eigenvalue weighted by Crippen LogP contribution is 2.20. The number of hydrogen-bond donors (Lipinski definition) is 2. The third kappa shape index (κ3) is 3.75. The second-order valence-corrected chi connectivity index (χ2v) is 4.88. The highest BCUT2D eigenvalue weighted by molar-refractivity contribution is 9.10. The van der Waals surface area contributed by atoms with Crippen molar-refractivity contribution >= 4 is 33.2 Å². The number of thiophene rings is 1. The zero-order valence-corrected chi connectivity index (χ0v) is 10.2. The summed E-state index contributed by atoms with van der Waals surface area (Å²) in [6, 6.07) is 2.04. The molecule has 0 bridgehead atoms. The van der Waals surface area contributed by atoms with E-state index in [0.29, 0.717) is 6.54 Å². The summed E-state index contributed by atoms with van der Waals surface area (Å²) >= 11 is 5.04. The van der Waals surface area contributed by atoms with Gasteiger partial charge in [0.2, 0.25) is 5.91 Å². The number of likely N-dealkylation sites (N-methyl/N-ethyl adjacent to an activating group) is 1. The lowest BCUT2D eigenvalue weighted by Gasteiger charge is -2.13. The Morgan fingerprint density at radius 2 is 2.50 bits per heavy atom. The lowest BCUT2D eigenvalue weighted by molar-refractivity contribution is -0.122. The van der Waals surface area contributed by atoms with Crippen LogP contribution in [0.3, 0.4) is 0 Å². The van der Waals surface area contributed by atoms with Gasteiger partial charge in [-0.1, -0.05) is 0 Å². The third-order valence-electron chi connectivity index (χ3n) is 1.62. The minimum Gasteiger partial charge on any atom is -0.293 e. The van der Waals surface area contributed by atoms with Gasteiger partial charge in [0.25, 0.3) is 0 Å². The zero-order chi connectivity index (χ0) is 10.6. The van der Waals surface area contributed by atoms with Gasteiger partial charge in [-0.25, -0.2) is 5.84 Å². The second-order valence-electron chi connectivity index (χ2n) is 2.97. The average molecular weight is 278 g/mol. The largest absolute Gasteiger partial charge is 0.293 e. The van der Waals surface area contributed by atoms with Crippen molar-refractivity contribution in [1.29, 1.82) is 0 Å². The molecule has 0 unspecified atom stereocenters. The fourth-order valence-corrected chi connectivity index (χ4v) is 2.58. The molecule has 0 aliphatic heterocycles. The van der Waals surface area contributed by atoms with Gasteiger partial charge in [0.15, 0.2) is 0 Å². The number of hydrazine groups is 1. The lowest BCUT2D eigenvalue weighted by atomic mass is 10.4. The first-order chi connectivity index (χ1) is 6.61. The average Bonchev–Trinajstić information content (AvgIpc) is 2.50. The Kier molecular flexibility index (Phi) is 4.53. The molecule has 0 spiro atoms. The summed E-state index contributed by atoms with van der Waals surface area (Å²) in [5.41, 5.74) is 2.10. The quantitative estimate of drug-likeness (QED) is 0.489. The molecule has 6 heteroatoms. The van der Waals surface area contributed by atoms with Gasteiger partial charge in [0.05, 0.1) is 6.54 Å². The third-order valence-corrected chi connectivity index (χ3v) is 3.30. The molecule has 0 radical (unpaired) electrons. The summed E-state index contributed by atoms with van der Waals surface area (Å²) in [5.74, 6) is 4.81. The topological polar surface area (TPSA) is 58.4 Å². The molecular formula is C8H12BrN3OS. The molecule has 0 saturated heterocycles. The Balaban J connectivity index is 2.41. The van der Waals surface area contributed by atoms with E-state index in [2.05, 4.69) is 21.4 Å². The molecule has 0 saturated carbocycles. The fraction of sp³-hybridized carbons (Fsp3) is 0.375. The molecule has 14 heavy (non-hydrogen) atoms. The van der Waals surface area contributed by atoms with Gasteiger partial charge in [-0.2, -0.15) is 0 Å². The molecule has 0 atom stereocenters. The van der Waals surface area contributed by atoms with Crippen molar-refractivity contribution < 1.29 is 4.79 Å². The van der Waals surface area contributed by atoms with Crippen molar-refractivity contribution in [1.82, 2.24) is 10.3 Å². The smallest absolute Gasteiger partial charge is 0.248 e. The summed E-state index contributed by atoms with van der Waals surface area (Å²) in [4.78, 5) is 14.0. The van der Waals surface area contributed by atoms with E-state index in [4.69, 9.17) is 5.84 Å². The standard InChI is InChI=1S/C8H12BrN3OS/c1-12(4-8(13)11-10)3-7-2-6(9)5-14-7/h2,5H,3-4,10H2,1H3,(H,11,13). The van der Waals surface area contributed by atoms with Crippen LogP contribution in [-0.2, 0) is 11.3 Å². The number of carbonyl (C=O) groups excluding carboxylic acids is 1. The molecule has 1 aromatic rings. The number of carbonyl (C=O) groups is 1. The van der Waals surface area contributed by atoms with E-state index in [1.807, 2.05) is 23.4 Å². The van der Waals surface area contributed by atoms with E-state index in [1.165, 1.54) is 4.88 Å². The van der Waals surface area contributed by atoms with Gasteiger partial charge in [-0.3, -0.25) is 15.1 Å². The normalized spacial score (nSPS) is 10.6. The second kappa shape index (κ2) is 5.45. The molecule has 1 rings (SSSR count). The first-order valence-corrected chi connectivity index (χ1v) is 5.70. The van der Waals surface area contributed by atoms with E-state index in [1.54, 1.807) is 11.3 Å². The van der Waals surface area contributed by atoms with Gasteiger partial charge < -0.3 is 0 Å². The van der Waals surface area contributed by atoms with Crippen LogP contribution in [0.25, 0.3) is 0 Å². The van der Waals surface area contributed by atoms with Gasteiger partial charge in [0, 0.05) is 21.3 Å². The first-order valence-electron chi connectivity index (χ1n) is 4.02. The van der Waals surface area contributed by atoms with Crippen LogP contribution in [0, 0.1) is 0 Å². The number of nitrogens with one attached hydrogen (secondary N) is 1. The molecule has 0 fully saturated rings. The summed E-state index contributed by atoms with van der Waals surface area (Å²) in [7, 11) is 1.88. The number of hydrogen-bond acceptors (Lipinski definition) is 4. The monoisotopic (exact) mass is 277 g/mol. The van der Waals surface area contributed by atoms with E-state index in [0.717, 1.165) is 11.0 Å². The van der Waals surface area contributed by atoms with Crippen molar-refractivity contribution in [2.75, 3.05) is 13.6 Å². The maximum Gasteiger partial charge on any atom is 0.248 e. The van der Waals surface area contributed by atoms with Crippen LogP contribution in [0.4, 0.5) is 0 Å². The van der Waals surface area contributed by atoms with Crippen molar-refractivity contribution in [3.8, 4) is 0 Å². The number of halogens is 1. The Labute approximate surface area is 95.2 Å². The Morgan fingerprint density at radius 3 is 3.00 bits per heavy atom. The SMILES string of the molecule is CN(CC(=O)NN)Cc1cc(Br)cs1. The molecule has 0 aliphatic carbocycles. The van der Waals surface area contributed by atoms with Gasteiger partial charge in [0.1, 0.15) is 0 Å².